The number of nitrogen functional groups attached to an aromatic ring is 1. The third-order valence-corrected chi connectivity index (χ3v) is 3.17. The first-order chi connectivity index (χ1) is 7.25. The van der Waals surface area contributed by atoms with E-state index in [1.807, 2.05) is 18.2 Å². The fourth-order valence-corrected chi connectivity index (χ4v) is 1.98. The fourth-order valence-electron chi connectivity index (χ4n) is 1.98. The molecule has 0 radical (unpaired) electrons. The standard InChI is InChI=1S/C13H20N2/c1-10(12-5-6-12)8-15-9-11-3-2-4-13(14)7-11/h2-4,7,10,12,15H,5-6,8-9,14H2,1H3. The summed E-state index contributed by atoms with van der Waals surface area (Å²) in [5.74, 6) is 1.81. The number of benzene rings is 1. The molecular formula is C13H20N2. The molecule has 3 N–H and O–H groups in total. The van der Waals surface area contributed by atoms with Gasteiger partial charge in [0.05, 0.1) is 0 Å². The van der Waals surface area contributed by atoms with Gasteiger partial charge in [-0.1, -0.05) is 19.1 Å². The molecule has 0 heterocycles. The number of hydrogen-bond donors (Lipinski definition) is 2. The minimum absolute atomic E-state index is 0.825. The van der Waals surface area contributed by atoms with Gasteiger partial charge in [-0.25, -0.2) is 0 Å². The van der Waals surface area contributed by atoms with Gasteiger partial charge in [0.15, 0.2) is 0 Å². The van der Waals surface area contributed by atoms with Crippen LogP contribution in [-0.4, -0.2) is 6.54 Å². The van der Waals surface area contributed by atoms with Crippen LogP contribution in [0.2, 0.25) is 0 Å². The molecule has 82 valence electrons. The average molecular weight is 204 g/mol. The Hall–Kier alpha value is -1.02. The second-order valence-electron chi connectivity index (χ2n) is 4.69. The highest BCUT2D eigenvalue weighted by atomic mass is 14.9. The van der Waals surface area contributed by atoms with E-state index in [4.69, 9.17) is 5.73 Å². The van der Waals surface area contributed by atoms with Gasteiger partial charge in [-0.3, -0.25) is 0 Å². The van der Waals surface area contributed by atoms with Crippen LogP contribution >= 0.6 is 0 Å². The van der Waals surface area contributed by atoms with E-state index in [2.05, 4.69) is 18.3 Å². The summed E-state index contributed by atoms with van der Waals surface area (Å²) >= 11 is 0. The predicted molar refractivity (Wildman–Crippen MR) is 64.4 cm³/mol. The van der Waals surface area contributed by atoms with E-state index in [0.717, 1.165) is 30.6 Å². The van der Waals surface area contributed by atoms with Gasteiger partial charge in [0, 0.05) is 12.2 Å². The summed E-state index contributed by atoms with van der Waals surface area (Å²) in [6.45, 7) is 4.39. The molecule has 0 saturated heterocycles. The third-order valence-electron chi connectivity index (χ3n) is 3.17. The molecule has 1 saturated carbocycles. The maximum absolute atomic E-state index is 5.72. The van der Waals surface area contributed by atoms with E-state index in [1.165, 1.54) is 18.4 Å². The Balaban J connectivity index is 1.73. The molecule has 0 aromatic heterocycles. The maximum atomic E-state index is 5.72. The highest BCUT2D eigenvalue weighted by molar-refractivity contribution is 5.40. The largest absolute Gasteiger partial charge is 0.399 e. The second kappa shape index (κ2) is 4.67. The van der Waals surface area contributed by atoms with Crippen LogP contribution in [0.3, 0.4) is 0 Å². The van der Waals surface area contributed by atoms with Crippen LogP contribution in [-0.2, 0) is 6.54 Å². The zero-order valence-corrected chi connectivity index (χ0v) is 9.37. The molecule has 2 rings (SSSR count). The lowest BCUT2D eigenvalue weighted by Gasteiger charge is -2.11. The van der Waals surface area contributed by atoms with E-state index in [9.17, 15) is 0 Å². The van der Waals surface area contributed by atoms with Gasteiger partial charge in [-0.15, -0.1) is 0 Å². The van der Waals surface area contributed by atoms with Crippen molar-refractivity contribution in [3.8, 4) is 0 Å². The minimum atomic E-state index is 0.825. The van der Waals surface area contributed by atoms with Crippen molar-refractivity contribution in [3.63, 3.8) is 0 Å². The maximum Gasteiger partial charge on any atom is 0.0317 e. The summed E-state index contributed by atoms with van der Waals surface area (Å²) in [6, 6.07) is 8.09. The van der Waals surface area contributed by atoms with Crippen LogP contribution in [0.1, 0.15) is 25.3 Å². The van der Waals surface area contributed by atoms with Crippen molar-refractivity contribution in [2.75, 3.05) is 12.3 Å². The van der Waals surface area contributed by atoms with Gasteiger partial charge >= 0.3 is 0 Å². The Kier molecular flexibility index (Phi) is 3.27. The number of rotatable bonds is 5. The highest BCUT2D eigenvalue weighted by Gasteiger charge is 2.27. The quantitative estimate of drug-likeness (QED) is 0.723. The van der Waals surface area contributed by atoms with E-state index in [0.29, 0.717) is 0 Å². The first kappa shape index (κ1) is 10.5. The van der Waals surface area contributed by atoms with Crippen molar-refractivity contribution in [3.05, 3.63) is 29.8 Å². The molecule has 0 amide bonds. The molecule has 1 aliphatic rings. The van der Waals surface area contributed by atoms with Crippen LogP contribution < -0.4 is 11.1 Å². The molecule has 1 fully saturated rings. The lowest BCUT2D eigenvalue weighted by Crippen LogP contribution is -2.21. The van der Waals surface area contributed by atoms with Crippen LogP contribution in [0, 0.1) is 11.8 Å². The third kappa shape index (κ3) is 3.24. The smallest absolute Gasteiger partial charge is 0.0317 e. The van der Waals surface area contributed by atoms with Crippen molar-refractivity contribution >= 4 is 5.69 Å². The Morgan fingerprint density at radius 1 is 1.47 bits per heavy atom. The molecule has 2 nitrogen and oxygen atoms in total. The Labute approximate surface area is 91.9 Å². The van der Waals surface area contributed by atoms with Crippen molar-refractivity contribution < 1.29 is 0 Å². The van der Waals surface area contributed by atoms with Crippen LogP contribution in [0.4, 0.5) is 5.69 Å². The molecule has 0 spiro atoms. The summed E-state index contributed by atoms with van der Waals surface area (Å²) in [6.07, 6.45) is 2.86. The molecule has 0 bridgehead atoms. The monoisotopic (exact) mass is 204 g/mol. The van der Waals surface area contributed by atoms with Gasteiger partial charge in [0.25, 0.3) is 0 Å². The molecule has 2 heteroatoms. The number of nitrogens with two attached hydrogens (primary N) is 1. The zero-order chi connectivity index (χ0) is 10.7. The molecule has 1 aromatic rings. The molecule has 1 unspecified atom stereocenters. The van der Waals surface area contributed by atoms with Gasteiger partial charge in [-0.2, -0.15) is 0 Å². The Bertz CT molecular complexity index is 318. The van der Waals surface area contributed by atoms with Crippen LogP contribution in [0.5, 0.6) is 0 Å². The number of hydrogen-bond acceptors (Lipinski definition) is 2. The van der Waals surface area contributed by atoms with Gasteiger partial charge in [0.2, 0.25) is 0 Å². The Morgan fingerprint density at radius 3 is 2.93 bits per heavy atom. The summed E-state index contributed by atoms with van der Waals surface area (Å²) in [7, 11) is 0. The van der Waals surface area contributed by atoms with Crippen molar-refractivity contribution in [2.24, 2.45) is 11.8 Å². The number of anilines is 1. The first-order valence-electron chi connectivity index (χ1n) is 5.81. The number of nitrogens with one attached hydrogen (secondary N) is 1. The molecule has 15 heavy (non-hydrogen) atoms. The van der Waals surface area contributed by atoms with Gasteiger partial charge in [0.1, 0.15) is 0 Å². The highest BCUT2D eigenvalue weighted by Crippen LogP contribution is 2.36. The molecule has 0 aliphatic heterocycles. The summed E-state index contributed by atoms with van der Waals surface area (Å²) in [4.78, 5) is 0. The van der Waals surface area contributed by atoms with E-state index in [-0.39, 0.29) is 0 Å². The van der Waals surface area contributed by atoms with Crippen molar-refractivity contribution in [2.45, 2.75) is 26.3 Å². The molecular weight excluding hydrogens is 184 g/mol. The summed E-state index contributed by atoms with van der Waals surface area (Å²) in [5.41, 5.74) is 7.85. The molecule has 1 aromatic carbocycles. The first-order valence-corrected chi connectivity index (χ1v) is 5.81. The normalized spacial score (nSPS) is 17.7. The SMILES string of the molecule is CC(CNCc1cccc(N)c1)C1CC1. The fraction of sp³-hybridized carbons (Fsp3) is 0.538. The van der Waals surface area contributed by atoms with Crippen molar-refractivity contribution in [1.82, 2.24) is 5.32 Å². The lowest BCUT2D eigenvalue weighted by molar-refractivity contribution is 0.461. The molecule has 1 aliphatic carbocycles. The van der Waals surface area contributed by atoms with E-state index < -0.39 is 0 Å². The zero-order valence-electron chi connectivity index (χ0n) is 9.37. The Morgan fingerprint density at radius 2 is 2.27 bits per heavy atom. The van der Waals surface area contributed by atoms with Gasteiger partial charge in [-0.05, 0) is 48.9 Å². The lowest BCUT2D eigenvalue weighted by atomic mass is 10.1. The average Bonchev–Trinajstić information content (AvgIpc) is 3.00. The molecule has 1 atom stereocenters. The summed E-state index contributed by atoms with van der Waals surface area (Å²) in [5, 5.41) is 3.49. The second-order valence-corrected chi connectivity index (χ2v) is 4.69. The van der Waals surface area contributed by atoms with Gasteiger partial charge < -0.3 is 11.1 Å². The summed E-state index contributed by atoms with van der Waals surface area (Å²) < 4.78 is 0. The van der Waals surface area contributed by atoms with E-state index >= 15 is 0 Å². The predicted octanol–water partition coefficient (Wildman–Crippen LogP) is 2.40. The van der Waals surface area contributed by atoms with Crippen molar-refractivity contribution in [1.29, 1.82) is 0 Å². The topological polar surface area (TPSA) is 38.0 Å². The van der Waals surface area contributed by atoms with Crippen LogP contribution in [0.25, 0.3) is 0 Å². The van der Waals surface area contributed by atoms with E-state index in [1.54, 1.807) is 0 Å². The van der Waals surface area contributed by atoms with Crippen LogP contribution in [0.15, 0.2) is 24.3 Å². The minimum Gasteiger partial charge on any atom is -0.399 e.